The number of carbonyl (C=O) groups excluding carboxylic acids is 2. The fourth-order valence-electron chi connectivity index (χ4n) is 12.8. The van der Waals surface area contributed by atoms with Gasteiger partial charge in [-0.25, -0.2) is 4.79 Å². The van der Waals surface area contributed by atoms with Crippen molar-refractivity contribution in [2.75, 3.05) is 6.61 Å². The lowest BCUT2D eigenvalue weighted by molar-refractivity contribution is -0.220. The summed E-state index contributed by atoms with van der Waals surface area (Å²) >= 11 is 2.10. The second-order valence-electron chi connectivity index (χ2n) is 20.2. The minimum atomic E-state index is -0.491. The van der Waals surface area contributed by atoms with Gasteiger partial charge < -0.3 is 21.8 Å². The van der Waals surface area contributed by atoms with Crippen molar-refractivity contribution in [3.63, 3.8) is 0 Å². The minimum Gasteiger partial charge on any atom is -0.463 e. The normalized spacial score (nSPS) is 38.3. The molecule has 57 heavy (non-hydrogen) atoms. The molecule has 1 aromatic rings. The lowest BCUT2D eigenvalue weighted by atomic mass is 9.33. The van der Waals surface area contributed by atoms with Gasteiger partial charge in [-0.15, -0.1) is 0 Å². The van der Waals surface area contributed by atoms with E-state index in [9.17, 15) is 9.59 Å². The molecule has 7 nitrogen and oxygen atoms in total. The Labute approximate surface area is 359 Å². The number of hydrogen-bond donors (Lipinski definition) is 0. The van der Waals surface area contributed by atoms with Crippen LogP contribution in [0.5, 0.6) is 0 Å². The van der Waals surface area contributed by atoms with Crippen molar-refractivity contribution in [1.82, 2.24) is 0 Å². The van der Waals surface area contributed by atoms with E-state index >= 15 is 0 Å². The highest BCUT2D eigenvalue weighted by molar-refractivity contribution is 14.1. The summed E-state index contributed by atoms with van der Waals surface area (Å²) in [6.45, 7) is 30.9. The third kappa shape index (κ3) is 8.87. The van der Waals surface area contributed by atoms with Crippen LogP contribution in [0.2, 0.25) is 0 Å². The molecule has 0 bridgehead atoms. The van der Waals surface area contributed by atoms with Gasteiger partial charge in [0.15, 0.2) is 23.0 Å². The van der Waals surface area contributed by atoms with Gasteiger partial charge in [0.1, 0.15) is 12.4 Å². The number of hydrogen-bond acceptors (Lipinski definition) is 7. The molecule has 0 radical (unpaired) electrons. The van der Waals surface area contributed by atoms with Crippen LogP contribution in [0.1, 0.15) is 140 Å². The maximum atomic E-state index is 11.1. The van der Waals surface area contributed by atoms with Gasteiger partial charge in [-0.05, 0) is 168 Å². The molecule has 4 saturated carbocycles. The van der Waals surface area contributed by atoms with Crippen LogP contribution < -0.4 is 0 Å². The first kappa shape index (κ1) is 46.0. The summed E-state index contributed by atoms with van der Waals surface area (Å²) in [6, 6.07) is 9.55. The fraction of sp³-hybridized carbons (Fsp3) is 0.708. The number of esters is 1. The van der Waals surface area contributed by atoms with Gasteiger partial charge in [0.05, 0.1) is 17.8 Å². The molecule has 6 aliphatic rings. The van der Waals surface area contributed by atoms with E-state index in [1.54, 1.807) is 12.9 Å². The largest absolute Gasteiger partial charge is 0.487 e. The highest BCUT2D eigenvalue weighted by atomic mass is 127. The van der Waals surface area contributed by atoms with Crippen molar-refractivity contribution >= 4 is 42.6 Å². The van der Waals surface area contributed by atoms with Gasteiger partial charge in [0.25, 0.3) is 6.47 Å². The molecule has 5 fully saturated rings. The van der Waals surface area contributed by atoms with Crippen LogP contribution in [0.4, 0.5) is 0 Å². The molecule has 0 amide bonds. The number of carbonyl (C=O) groups is 2. The Balaban J connectivity index is 0.000000198. The Morgan fingerprint density at radius 3 is 2.18 bits per heavy atom. The maximum Gasteiger partial charge on any atom is 0.487 e. The number of benzene rings is 1. The van der Waals surface area contributed by atoms with Crippen LogP contribution >= 0.6 is 23.0 Å². The van der Waals surface area contributed by atoms with E-state index < -0.39 is 7.12 Å². The van der Waals surface area contributed by atoms with Gasteiger partial charge in [-0.3, -0.25) is 4.79 Å². The lowest BCUT2D eigenvalue weighted by Gasteiger charge is -2.71. The quantitative estimate of drug-likeness (QED) is 0.0642. The molecule has 0 N–H and O–H groups in total. The average molecular weight is 899 g/mol. The van der Waals surface area contributed by atoms with E-state index in [1.807, 2.05) is 58.0 Å². The van der Waals surface area contributed by atoms with Crippen LogP contribution in [-0.2, 0) is 38.0 Å². The summed E-state index contributed by atoms with van der Waals surface area (Å²) < 4.78 is 26.4. The highest BCUT2D eigenvalue weighted by Gasteiger charge is 2.69. The molecule has 8 unspecified atom stereocenters. The van der Waals surface area contributed by atoms with Crippen molar-refractivity contribution in [3.05, 3.63) is 71.9 Å². The van der Waals surface area contributed by atoms with E-state index in [4.69, 9.17) is 17.1 Å². The van der Waals surface area contributed by atoms with Gasteiger partial charge >= 0.3 is 13.1 Å². The van der Waals surface area contributed by atoms with Crippen molar-refractivity contribution in [2.24, 2.45) is 57.2 Å². The van der Waals surface area contributed by atoms with Crippen LogP contribution in [0.3, 0.4) is 0 Å². The zero-order valence-corrected chi connectivity index (χ0v) is 39.1. The molecule has 0 aromatic heterocycles. The molecule has 5 aliphatic carbocycles. The Morgan fingerprint density at radius 1 is 0.912 bits per heavy atom. The average Bonchev–Trinajstić information content (AvgIpc) is 3.62. The molecule has 1 aromatic carbocycles. The highest BCUT2D eigenvalue weighted by Crippen LogP contribution is 2.76. The standard InChI is InChI=1S/C29H45IO.C11H19BO4.C8H8O2/c1-18(2)20-10-13-26(4)16-17-28(6)22(25(20)26)8-9-24-27(5)14-12-23(31-30)19(3)21(27)11-15-29(24,28)7;1-6-14-9(13)7-8-12-15-10(2,3)11(4,5)16-12;9-7-10-6-8-4-2-1-3-5-8/h12,19-22,24-25H,1,8-11,13-17H2,2-7H3;7-8H,6H2,1-5H3;1-5,7H,6H2/b;8-7+;/t19?,20-,21?,22?,24?,25?,26?,27?,28+,29?;;/m0../s1. The maximum absolute atomic E-state index is 11.1. The molecule has 1 aliphatic heterocycles. The Hall–Kier alpha value is -2.11. The predicted octanol–water partition coefficient (Wildman–Crippen LogP) is 12.2. The van der Waals surface area contributed by atoms with Crippen LogP contribution in [0.15, 0.2) is 66.4 Å². The van der Waals surface area contributed by atoms with Gasteiger partial charge in [-0.2, -0.15) is 0 Å². The van der Waals surface area contributed by atoms with Crippen LogP contribution in [0.25, 0.3) is 0 Å². The van der Waals surface area contributed by atoms with E-state index in [1.165, 1.54) is 75.2 Å². The Kier molecular flexibility index (Phi) is 14.4. The topological polar surface area (TPSA) is 80.3 Å². The Bertz CT molecular complexity index is 1630. The zero-order valence-electron chi connectivity index (χ0n) is 37.0. The zero-order chi connectivity index (χ0) is 42.0. The lowest BCUT2D eigenvalue weighted by Crippen LogP contribution is -2.64. The number of fused-ring (bicyclic) bond motifs is 7. The first-order valence-electron chi connectivity index (χ1n) is 21.7. The minimum absolute atomic E-state index is 0.365. The van der Waals surface area contributed by atoms with E-state index in [0.29, 0.717) is 47.3 Å². The SMILES string of the molecule is C=C(C)[C@@H]1CCC2(C)CC[C@]3(C)C(CCC4C5(C)CC=C(OI)C(C)C5CCC43C)C12.CCOC(=O)/C=C/B1OC(C)(C)C(C)(C)O1.O=COCc1ccccc1. The van der Waals surface area contributed by atoms with Crippen molar-refractivity contribution in [2.45, 2.75) is 152 Å². The van der Waals surface area contributed by atoms with Gasteiger partial charge in [-0.1, -0.05) is 77.1 Å². The third-order valence-electron chi connectivity index (χ3n) is 16.8. The van der Waals surface area contributed by atoms with E-state index in [-0.39, 0.29) is 17.2 Å². The first-order valence-corrected chi connectivity index (χ1v) is 22.6. The van der Waals surface area contributed by atoms with Crippen molar-refractivity contribution in [3.8, 4) is 0 Å². The molecule has 316 valence electrons. The van der Waals surface area contributed by atoms with Crippen LogP contribution in [-0.4, -0.2) is 37.4 Å². The molecular weight excluding hydrogens is 826 g/mol. The summed E-state index contributed by atoms with van der Waals surface area (Å²) in [4.78, 5) is 20.9. The van der Waals surface area contributed by atoms with Gasteiger partial charge in [0, 0.05) is 12.0 Å². The van der Waals surface area contributed by atoms with Crippen LogP contribution in [0, 0.1) is 57.2 Å². The molecular formula is C48H72BIO7. The molecule has 10 atom stereocenters. The molecule has 7 rings (SSSR count). The predicted molar refractivity (Wildman–Crippen MR) is 238 cm³/mol. The first-order chi connectivity index (χ1) is 26.7. The monoisotopic (exact) mass is 898 g/mol. The van der Waals surface area contributed by atoms with E-state index in [0.717, 1.165) is 35.2 Å². The smallest absolute Gasteiger partial charge is 0.463 e. The second kappa shape index (κ2) is 17.9. The number of allylic oxidation sites excluding steroid dienone is 3. The Morgan fingerprint density at radius 2 is 1.58 bits per heavy atom. The fourth-order valence-corrected chi connectivity index (χ4v) is 13.4. The summed E-state index contributed by atoms with van der Waals surface area (Å²) in [5.41, 5.74) is 3.68. The number of halogens is 1. The number of ether oxygens (including phenoxy) is 2. The van der Waals surface area contributed by atoms with Crippen molar-refractivity contribution < 1.29 is 31.4 Å². The molecule has 9 heteroatoms. The number of rotatable bonds is 8. The van der Waals surface area contributed by atoms with Gasteiger partial charge in [0.2, 0.25) is 0 Å². The summed E-state index contributed by atoms with van der Waals surface area (Å²) in [5, 5.41) is 0. The molecule has 1 saturated heterocycles. The third-order valence-corrected chi connectivity index (χ3v) is 17.3. The summed E-state index contributed by atoms with van der Waals surface area (Å²) in [6.07, 6.45) is 16.4. The summed E-state index contributed by atoms with van der Waals surface area (Å²) in [5.74, 6) is 7.18. The second-order valence-corrected chi connectivity index (χ2v) is 20.6. The van der Waals surface area contributed by atoms with E-state index in [2.05, 4.69) is 81.9 Å². The van der Waals surface area contributed by atoms with Crippen molar-refractivity contribution in [1.29, 1.82) is 0 Å². The summed E-state index contributed by atoms with van der Waals surface area (Å²) in [7, 11) is -0.491. The molecule has 1 heterocycles. The molecule has 0 spiro atoms.